The van der Waals surface area contributed by atoms with Gasteiger partial charge in [0, 0.05) is 73.8 Å². The third kappa shape index (κ3) is 16.1. The number of hydrogen-bond acceptors (Lipinski definition) is 13. The summed E-state index contributed by atoms with van der Waals surface area (Å²) in [6.07, 6.45) is 7.06. The molecule has 2 aromatic carbocycles. The van der Waals surface area contributed by atoms with Crippen LogP contribution in [-0.2, 0) is 19.1 Å². The maximum absolute atomic E-state index is 14.2. The zero-order valence-corrected chi connectivity index (χ0v) is 44.0. The minimum atomic E-state index is -3.19. The van der Waals surface area contributed by atoms with Crippen molar-refractivity contribution in [1.29, 1.82) is 10.5 Å². The van der Waals surface area contributed by atoms with Gasteiger partial charge in [0.05, 0.1) is 62.7 Å². The van der Waals surface area contributed by atoms with Crippen molar-refractivity contribution in [3.05, 3.63) is 96.6 Å². The smallest absolute Gasteiger partial charge is 0.407 e. The molecular formula is C56H62F4N10O9. The molecule has 418 valence electrons. The number of likely N-dealkylation sites (tertiary alicyclic amines) is 2. The average molecular weight is 1100 g/mol. The molecule has 2 atom stereocenters. The first-order valence-electron chi connectivity index (χ1n) is 26.0. The molecule has 19 nitrogen and oxygen atoms in total. The third-order valence-corrected chi connectivity index (χ3v) is 13.5. The van der Waals surface area contributed by atoms with E-state index in [0.29, 0.717) is 85.4 Å². The molecule has 1 saturated carbocycles. The Morgan fingerprint density at radius 2 is 1.10 bits per heavy atom. The highest BCUT2D eigenvalue weighted by atomic mass is 19.3. The van der Waals surface area contributed by atoms with Gasteiger partial charge in [-0.15, -0.1) is 0 Å². The van der Waals surface area contributed by atoms with Crippen LogP contribution in [0.2, 0.25) is 0 Å². The van der Waals surface area contributed by atoms with E-state index in [9.17, 15) is 56.9 Å². The Morgan fingerprint density at radius 1 is 0.671 bits per heavy atom. The molecule has 2 aliphatic heterocycles. The summed E-state index contributed by atoms with van der Waals surface area (Å²) in [5, 5.41) is 26.4. The zero-order chi connectivity index (χ0) is 56.9. The number of ether oxygens (including phenoxy) is 3. The molecule has 0 spiro atoms. The number of aromatic nitrogens is 2. The van der Waals surface area contributed by atoms with Crippen molar-refractivity contribution in [2.75, 3.05) is 52.5 Å². The number of rotatable bonds is 20. The van der Waals surface area contributed by atoms with E-state index in [4.69, 9.17) is 14.2 Å². The summed E-state index contributed by atoms with van der Waals surface area (Å²) in [6.45, 7) is 3.67. The minimum absolute atomic E-state index is 0.0151. The predicted molar refractivity (Wildman–Crippen MR) is 277 cm³/mol. The number of carbonyl (C=O) groups is 6. The van der Waals surface area contributed by atoms with Gasteiger partial charge in [-0.3, -0.25) is 33.9 Å². The number of benzene rings is 2. The molecule has 3 N–H and O–H groups in total. The fourth-order valence-electron chi connectivity index (χ4n) is 9.64. The van der Waals surface area contributed by atoms with Crippen molar-refractivity contribution in [3.8, 4) is 45.9 Å². The summed E-state index contributed by atoms with van der Waals surface area (Å²) in [7, 11) is 0. The third-order valence-electron chi connectivity index (χ3n) is 13.5. The van der Waals surface area contributed by atoms with Crippen LogP contribution >= 0.6 is 0 Å². The largest absolute Gasteiger partial charge is 0.494 e. The molecule has 4 heterocycles. The maximum atomic E-state index is 14.2. The lowest BCUT2D eigenvalue weighted by Gasteiger charge is -2.33. The van der Waals surface area contributed by atoms with E-state index in [1.54, 1.807) is 86.3 Å². The highest BCUT2D eigenvalue weighted by molar-refractivity contribution is 6.03. The average Bonchev–Trinajstić information content (AvgIpc) is 3.96. The molecule has 3 aliphatic rings. The molecule has 0 bridgehead atoms. The molecule has 2 aromatic heterocycles. The lowest BCUT2D eigenvalue weighted by molar-refractivity contribution is -0.137. The molecule has 23 heteroatoms. The van der Waals surface area contributed by atoms with Crippen molar-refractivity contribution >= 4 is 35.6 Å². The Bertz CT molecular complexity index is 2760. The highest BCUT2D eigenvalue weighted by Crippen LogP contribution is 2.34. The van der Waals surface area contributed by atoms with Crippen molar-refractivity contribution in [2.24, 2.45) is 5.92 Å². The highest BCUT2D eigenvalue weighted by Gasteiger charge is 2.48. The molecular weight excluding hydrogens is 1030 g/mol. The van der Waals surface area contributed by atoms with Crippen LogP contribution in [0.15, 0.2) is 85.5 Å². The van der Waals surface area contributed by atoms with E-state index in [-0.39, 0.29) is 42.2 Å². The van der Waals surface area contributed by atoms with E-state index in [1.165, 1.54) is 36.9 Å². The van der Waals surface area contributed by atoms with Gasteiger partial charge in [-0.1, -0.05) is 24.3 Å². The van der Waals surface area contributed by atoms with Crippen molar-refractivity contribution in [3.63, 3.8) is 0 Å². The van der Waals surface area contributed by atoms with Crippen LogP contribution in [0.1, 0.15) is 92.9 Å². The summed E-state index contributed by atoms with van der Waals surface area (Å²) in [4.78, 5) is 90.2. The number of halogens is 4. The normalized spacial score (nSPS) is 19.3. The zero-order valence-electron chi connectivity index (χ0n) is 44.0. The van der Waals surface area contributed by atoms with Crippen molar-refractivity contribution < 1.29 is 60.5 Å². The molecule has 4 aromatic rings. The topological polar surface area (TPSA) is 249 Å². The van der Waals surface area contributed by atoms with Crippen LogP contribution in [0.3, 0.4) is 0 Å². The number of alkyl carbamates (subject to hydrolysis) is 1. The summed E-state index contributed by atoms with van der Waals surface area (Å²) < 4.78 is 73.3. The quantitative estimate of drug-likeness (QED) is 0.0600. The van der Waals surface area contributed by atoms with Crippen LogP contribution in [0.5, 0.6) is 11.5 Å². The fourth-order valence-corrected chi connectivity index (χ4v) is 9.64. The van der Waals surface area contributed by atoms with E-state index >= 15 is 0 Å². The van der Waals surface area contributed by atoms with E-state index < -0.39 is 98.3 Å². The van der Waals surface area contributed by atoms with Crippen LogP contribution in [0.25, 0.3) is 22.3 Å². The Balaban J connectivity index is 0.918. The van der Waals surface area contributed by atoms with Gasteiger partial charge in [0.1, 0.15) is 29.2 Å². The maximum Gasteiger partial charge on any atom is 0.407 e. The summed E-state index contributed by atoms with van der Waals surface area (Å²) in [5.74, 6) is -8.49. The summed E-state index contributed by atoms with van der Waals surface area (Å²) in [5.41, 5.74) is 1.82. The van der Waals surface area contributed by atoms with Gasteiger partial charge in [0.15, 0.2) is 0 Å². The Hall–Kier alpha value is -8.34. The van der Waals surface area contributed by atoms with E-state index in [0.717, 1.165) is 9.80 Å². The second-order valence-corrected chi connectivity index (χ2v) is 20.6. The number of pyridine rings is 2. The number of nitrogens with one attached hydrogen (secondary N) is 3. The van der Waals surface area contributed by atoms with Crippen LogP contribution in [0.4, 0.5) is 22.4 Å². The van der Waals surface area contributed by atoms with Crippen LogP contribution in [0, 0.1) is 28.6 Å². The molecule has 3 fully saturated rings. The minimum Gasteiger partial charge on any atom is -0.494 e. The Kier molecular flexibility index (Phi) is 19.1. The predicted octanol–water partition coefficient (Wildman–Crippen LogP) is 6.94. The van der Waals surface area contributed by atoms with Gasteiger partial charge in [-0.2, -0.15) is 10.5 Å². The number of carbonyl (C=O) groups excluding carboxylic acids is 6. The van der Waals surface area contributed by atoms with Crippen molar-refractivity contribution in [1.82, 2.24) is 40.6 Å². The van der Waals surface area contributed by atoms with Gasteiger partial charge < -0.3 is 44.9 Å². The van der Waals surface area contributed by atoms with E-state index in [2.05, 4.69) is 25.9 Å². The second-order valence-electron chi connectivity index (χ2n) is 20.6. The lowest BCUT2D eigenvalue weighted by Crippen LogP contribution is -2.44. The number of hydrogen-bond donors (Lipinski definition) is 3. The molecule has 2 saturated heterocycles. The van der Waals surface area contributed by atoms with Gasteiger partial charge in [-0.25, -0.2) is 22.4 Å². The monoisotopic (exact) mass is 1090 g/mol. The van der Waals surface area contributed by atoms with E-state index in [1.807, 2.05) is 0 Å². The number of nitrogens with zero attached hydrogens (tertiary/aromatic N) is 7. The molecule has 79 heavy (non-hydrogen) atoms. The van der Waals surface area contributed by atoms with Crippen molar-refractivity contribution in [2.45, 2.75) is 108 Å². The SMILES string of the molecule is CC(C)(C)OC(=O)NC1CCC(C(=O)N(CCCOc2ccc(-c3cnccc3C(=O)NCC(=O)N3CC(F)(F)C[C@H]3C#N)cc2)CCCOc2ccc(-c3cnccc3C(=O)NCC(=O)N3CC(F)(F)C[C@H]3C#N)cc2)CC1. The Morgan fingerprint density at radius 3 is 1.51 bits per heavy atom. The first-order chi connectivity index (χ1) is 37.6. The van der Waals surface area contributed by atoms with Crippen LogP contribution in [-0.4, -0.2) is 148 Å². The molecule has 6 amide bonds. The lowest BCUT2D eigenvalue weighted by atomic mass is 9.85. The van der Waals surface area contributed by atoms with Gasteiger partial charge in [0.25, 0.3) is 23.7 Å². The molecule has 0 unspecified atom stereocenters. The first-order valence-corrected chi connectivity index (χ1v) is 26.0. The fraction of sp³-hybridized carbons (Fsp3) is 0.464. The van der Waals surface area contributed by atoms with Gasteiger partial charge in [0.2, 0.25) is 17.7 Å². The molecule has 0 radical (unpaired) electrons. The second kappa shape index (κ2) is 25.9. The summed E-state index contributed by atoms with van der Waals surface area (Å²) in [6, 6.07) is 17.5. The number of nitriles is 2. The van der Waals surface area contributed by atoms with Gasteiger partial charge in [-0.05, 0) is 107 Å². The van der Waals surface area contributed by atoms with Gasteiger partial charge >= 0.3 is 6.09 Å². The first kappa shape index (κ1) is 58.3. The number of alkyl halides is 4. The molecule has 1 aliphatic carbocycles. The Labute approximate surface area is 454 Å². The van der Waals surface area contributed by atoms with Crippen LogP contribution < -0.4 is 25.4 Å². The molecule has 7 rings (SSSR count). The number of amides is 6. The standard InChI is InChI=1S/C56H62F4N10O9/c1-54(2,3)79-53(76)67-39-12-6-38(7-13-39)52(75)68(22-4-24-77-42-14-8-36(9-15-42)46-30-63-20-18-44(46)50(73)65-32-48(71)69-34-55(57,58)26-40(69)28-61)23-5-25-78-43-16-10-37(11-17-43)47-31-64-21-19-45(47)51(74)66-33-49(72)70-35-56(59,60)27-41(70)29-62/h8-11,14-21,30-31,38-41H,4-7,12-13,22-27,32-35H2,1-3H3,(H,65,73)(H,66,74)(H,67,76)/t38?,39?,40-,41-/m0/s1. The summed E-state index contributed by atoms with van der Waals surface area (Å²) >= 11 is 0.